The molecular weight excluding hydrogens is 309 g/mol. The predicted molar refractivity (Wildman–Crippen MR) is 86.5 cm³/mol. The lowest BCUT2D eigenvalue weighted by molar-refractivity contribution is -0.115. The van der Waals surface area contributed by atoms with Crippen molar-refractivity contribution in [2.45, 2.75) is 13.3 Å². The van der Waals surface area contributed by atoms with Crippen molar-refractivity contribution in [2.24, 2.45) is 0 Å². The van der Waals surface area contributed by atoms with Gasteiger partial charge in [-0.05, 0) is 36.2 Å². The largest absolute Gasteiger partial charge is 0.496 e. The van der Waals surface area contributed by atoms with E-state index in [0.29, 0.717) is 15.7 Å². The molecule has 2 rings (SSSR count). The molecule has 0 aliphatic carbocycles. The zero-order chi connectivity index (χ0) is 15.4. The number of aryl methyl sites for hydroxylation is 1. The first kappa shape index (κ1) is 15.7. The number of benzene rings is 2. The Kier molecular flexibility index (Phi) is 5.10. The van der Waals surface area contributed by atoms with Crippen molar-refractivity contribution in [2.75, 3.05) is 12.4 Å². The molecule has 0 atom stereocenters. The molecule has 0 aliphatic rings. The van der Waals surface area contributed by atoms with Crippen molar-refractivity contribution in [3.63, 3.8) is 0 Å². The van der Waals surface area contributed by atoms with Gasteiger partial charge in [0.25, 0.3) is 0 Å². The van der Waals surface area contributed by atoms with Crippen molar-refractivity contribution < 1.29 is 9.53 Å². The normalized spacial score (nSPS) is 10.3. The molecule has 0 fully saturated rings. The molecule has 0 aliphatic heterocycles. The van der Waals surface area contributed by atoms with Gasteiger partial charge in [-0.15, -0.1) is 0 Å². The molecule has 110 valence electrons. The van der Waals surface area contributed by atoms with Crippen molar-refractivity contribution in [3.8, 4) is 5.75 Å². The van der Waals surface area contributed by atoms with E-state index in [1.807, 2.05) is 25.1 Å². The summed E-state index contributed by atoms with van der Waals surface area (Å²) in [4.78, 5) is 12.1. The summed E-state index contributed by atoms with van der Waals surface area (Å²) in [6.07, 6.45) is 0.258. The van der Waals surface area contributed by atoms with E-state index in [-0.39, 0.29) is 12.3 Å². The van der Waals surface area contributed by atoms with Crippen LogP contribution in [0.2, 0.25) is 10.0 Å². The second kappa shape index (κ2) is 6.83. The predicted octanol–water partition coefficient (Wildman–Crippen LogP) is 4.49. The van der Waals surface area contributed by atoms with Gasteiger partial charge < -0.3 is 10.1 Å². The molecule has 0 spiro atoms. The Morgan fingerprint density at radius 3 is 2.67 bits per heavy atom. The van der Waals surface area contributed by atoms with Gasteiger partial charge in [-0.1, -0.05) is 41.4 Å². The molecule has 3 nitrogen and oxygen atoms in total. The van der Waals surface area contributed by atoms with Crippen LogP contribution in [0.25, 0.3) is 0 Å². The van der Waals surface area contributed by atoms with E-state index in [4.69, 9.17) is 27.9 Å². The highest BCUT2D eigenvalue weighted by Crippen LogP contribution is 2.29. The van der Waals surface area contributed by atoms with Gasteiger partial charge in [0.2, 0.25) is 5.91 Å². The standard InChI is InChI=1S/C16H15Cl2NO2/c1-10-8-11(6-7-14(10)21-2)9-15(20)19-13-5-3-4-12(17)16(13)18/h3-8H,9H2,1-2H3,(H,19,20). The number of hydrogen-bond acceptors (Lipinski definition) is 2. The van der Waals surface area contributed by atoms with Crippen LogP contribution in [-0.4, -0.2) is 13.0 Å². The zero-order valence-corrected chi connectivity index (χ0v) is 13.3. The quantitative estimate of drug-likeness (QED) is 0.900. The Morgan fingerprint density at radius 1 is 1.24 bits per heavy atom. The molecule has 1 amide bonds. The van der Waals surface area contributed by atoms with Crippen molar-refractivity contribution in [1.82, 2.24) is 0 Å². The van der Waals surface area contributed by atoms with Crippen LogP contribution in [0, 0.1) is 6.92 Å². The van der Waals surface area contributed by atoms with Crippen LogP contribution in [-0.2, 0) is 11.2 Å². The van der Waals surface area contributed by atoms with Crippen LogP contribution in [0.1, 0.15) is 11.1 Å². The van der Waals surface area contributed by atoms with Crippen LogP contribution >= 0.6 is 23.2 Å². The molecule has 0 saturated heterocycles. The third-order valence-corrected chi connectivity index (χ3v) is 3.87. The summed E-state index contributed by atoms with van der Waals surface area (Å²) >= 11 is 12.0. The maximum Gasteiger partial charge on any atom is 0.228 e. The van der Waals surface area contributed by atoms with Crippen LogP contribution in [0.15, 0.2) is 36.4 Å². The Labute approximate surface area is 133 Å². The second-order valence-corrected chi connectivity index (χ2v) is 5.42. The minimum atomic E-state index is -0.149. The molecule has 1 N–H and O–H groups in total. The summed E-state index contributed by atoms with van der Waals surface area (Å²) < 4.78 is 5.20. The first-order valence-corrected chi connectivity index (χ1v) is 7.14. The smallest absolute Gasteiger partial charge is 0.228 e. The van der Waals surface area contributed by atoms with Gasteiger partial charge in [0, 0.05) is 0 Å². The molecule has 0 radical (unpaired) electrons. The lowest BCUT2D eigenvalue weighted by Gasteiger charge is -2.10. The van der Waals surface area contributed by atoms with Gasteiger partial charge in [-0.25, -0.2) is 0 Å². The number of halogens is 2. The first-order chi connectivity index (χ1) is 10.0. The van der Waals surface area contributed by atoms with Gasteiger partial charge in [0.05, 0.1) is 29.3 Å². The SMILES string of the molecule is COc1ccc(CC(=O)Nc2cccc(Cl)c2Cl)cc1C. The van der Waals surface area contributed by atoms with E-state index in [1.165, 1.54) is 0 Å². The average Bonchev–Trinajstić information content (AvgIpc) is 2.44. The summed E-state index contributed by atoms with van der Waals surface area (Å²) in [5.74, 6) is 0.653. The van der Waals surface area contributed by atoms with E-state index in [1.54, 1.807) is 25.3 Å². The summed E-state index contributed by atoms with van der Waals surface area (Å²) in [5.41, 5.74) is 2.41. The zero-order valence-electron chi connectivity index (χ0n) is 11.7. The fourth-order valence-corrected chi connectivity index (χ4v) is 2.38. The van der Waals surface area contributed by atoms with E-state index in [2.05, 4.69) is 5.32 Å². The fourth-order valence-electron chi connectivity index (χ4n) is 2.03. The lowest BCUT2D eigenvalue weighted by Crippen LogP contribution is -2.14. The highest BCUT2D eigenvalue weighted by Gasteiger charge is 2.10. The monoisotopic (exact) mass is 323 g/mol. The number of amides is 1. The molecular formula is C16H15Cl2NO2. The number of nitrogens with one attached hydrogen (secondary N) is 1. The van der Waals surface area contributed by atoms with E-state index in [9.17, 15) is 4.79 Å². The van der Waals surface area contributed by atoms with Crippen LogP contribution < -0.4 is 10.1 Å². The summed E-state index contributed by atoms with van der Waals surface area (Å²) in [5, 5.41) is 3.52. The molecule has 5 heteroatoms. The van der Waals surface area contributed by atoms with Crippen molar-refractivity contribution in [1.29, 1.82) is 0 Å². The molecule has 0 unspecified atom stereocenters. The highest BCUT2D eigenvalue weighted by molar-refractivity contribution is 6.43. The second-order valence-electron chi connectivity index (χ2n) is 4.63. The number of methoxy groups -OCH3 is 1. The van der Waals surface area contributed by atoms with Gasteiger partial charge >= 0.3 is 0 Å². The van der Waals surface area contributed by atoms with Gasteiger partial charge in [0.1, 0.15) is 5.75 Å². The lowest BCUT2D eigenvalue weighted by atomic mass is 10.1. The molecule has 0 heterocycles. The van der Waals surface area contributed by atoms with Crippen molar-refractivity contribution >= 4 is 34.8 Å². The Hall–Kier alpha value is -1.71. The first-order valence-electron chi connectivity index (χ1n) is 6.38. The Bertz CT molecular complexity index is 671. The Balaban J connectivity index is 2.08. The molecule has 2 aromatic carbocycles. The van der Waals surface area contributed by atoms with Crippen molar-refractivity contribution in [3.05, 3.63) is 57.6 Å². The molecule has 0 bridgehead atoms. The number of ether oxygens (including phenoxy) is 1. The van der Waals surface area contributed by atoms with Crippen LogP contribution in [0.4, 0.5) is 5.69 Å². The number of hydrogen-bond donors (Lipinski definition) is 1. The molecule has 0 aromatic heterocycles. The maximum absolute atomic E-state index is 12.1. The highest BCUT2D eigenvalue weighted by atomic mass is 35.5. The van der Waals surface area contributed by atoms with Gasteiger partial charge in [0.15, 0.2) is 0 Å². The number of carbonyl (C=O) groups is 1. The van der Waals surface area contributed by atoms with E-state index < -0.39 is 0 Å². The fraction of sp³-hybridized carbons (Fsp3) is 0.188. The molecule has 0 saturated carbocycles. The molecule has 21 heavy (non-hydrogen) atoms. The summed E-state index contributed by atoms with van der Waals surface area (Å²) in [6.45, 7) is 1.94. The minimum Gasteiger partial charge on any atom is -0.496 e. The number of anilines is 1. The number of carbonyl (C=O) groups excluding carboxylic acids is 1. The van der Waals surface area contributed by atoms with Crippen LogP contribution in [0.5, 0.6) is 5.75 Å². The molecule has 2 aromatic rings. The summed E-state index contributed by atoms with van der Waals surface area (Å²) in [7, 11) is 1.62. The third-order valence-electron chi connectivity index (χ3n) is 3.05. The Morgan fingerprint density at radius 2 is 2.00 bits per heavy atom. The number of rotatable bonds is 4. The van der Waals surface area contributed by atoms with E-state index >= 15 is 0 Å². The summed E-state index contributed by atoms with van der Waals surface area (Å²) in [6, 6.07) is 10.8. The minimum absolute atomic E-state index is 0.149. The maximum atomic E-state index is 12.1. The van der Waals surface area contributed by atoms with E-state index in [0.717, 1.165) is 16.9 Å². The van der Waals surface area contributed by atoms with Gasteiger partial charge in [-0.3, -0.25) is 4.79 Å². The average molecular weight is 324 g/mol. The topological polar surface area (TPSA) is 38.3 Å². The van der Waals surface area contributed by atoms with Gasteiger partial charge in [-0.2, -0.15) is 0 Å². The van der Waals surface area contributed by atoms with Crippen LogP contribution in [0.3, 0.4) is 0 Å². The third kappa shape index (κ3) is 3.90.